The number of nitrogens with zero attached hydrogens (tertiary/aromatic N) is 1. The van der Waals surface area contributed by atoms with Crippen molar-refractivity contribution in [1.82, 2.24) is 4.98 Å². The topological polar surface area (TPSA) is 125 Å². The maximum Gasteiger partial charge on any atom is 0.341 e. The molecule has 0 bridgehead atoms. The molecule has 3 aromatic rings. The van der Waals surface area contributed by atoms with Gasteiger partial charge in [0, 0.05) is 0 Å². The van der Waals surface area contributed by atoms with Crippen molar-refractivity contribution < 1.29 is 23.5 Å². The smallest absolute Gasteiger partial charge is 0.341 e. The lowest BCUT2D eigenvalue weighted by atomic mass is 10.1. The predicted molar refractivity (Wildman–Crippen MR) is 102 cm³/mol. The van der Waals surface area contributed by atoms with Gasteiger partial charge in [-0.3, -0.25) is 9.59 Å². The molecule has 2 amide bonds. The number of amides is 2. The first-order valence-corrected chi connectivity index (χ1v) is 9.50. The zero-order valence-corrected chi connectivity index (χ0v) is 16.0. The second-order valence-electron chi connectivity index (χ2n) is 5.40. The third-order valence-electron chi connectivity index (χ3n) is 3.61. The van der Waals surface area contributed by atoms with Crippen LogP contribution in [0.1, 0.15) is 25.6 Å². The number of rotatable bonds is 6. The van der Waals surface area contributed by atoms with Crippen molar-refractivity contribution in [2.75, 3.05) is 18.2 Å². The molecular weight excluding hydrogens is 390 g/mol. The first-order chi connectivity index (χ1) is 12.9. The maximum absolute atomic E-state index is 12.3. The van der Waals surface area contributed by atoms with Crippen LogP contribution in [-0.4, -0.2) is 35.6 Å². The molecule has 0 aliphatic heterocycles. The number of thioether (sulfide) groups is 1. The van der Waals surface area contributed by atoms with Crippen molar-refractivity contribution >= 4 is 57.0 Å². The molecule has 10 heteroatoms. The normalized spacial score (nSPS) is 10.7. The van der Waals surface area contributed by atoms with Crippen LogP contribution in [0.15, 0.2) is 33.9 Å². The fourth-order valence-corrected chi connectivity index (χ4v) is 4.09. The summed E-state index contributed by atoms with van der Waals surface area (Å²) in [6, 6.07) is 7.27. The zero-order valence-electron chi connectivity index (χ0n) is 14.4. The van der Waals surface area contributed by atoms with Crippen molar-refractivity contribution in [2.45, 2.75) is 12.1 Å². The Kier molecular flexibility index (Phi) is 5.47. The summed E-state index contributed by atoms with van der Waals surface area (Å²) in [5, 5.41) is 3.21. The minimum atomic E-state index is -0.677. The Morgan fingerprint density at radius 2 is 2.07 bits per heavy atom. The van der Waals surface area contributed by atoms with Crippen LogP contribution in [0, 0.1) is 6.92 Å². The van der Waals surface area contributed by atoms with Crippen molar-refractivity contribution in [3.8, 4) is 0 Å². The van der Waals surface area contributed by atoms with Crippen LogP contribution in [0.3, 0.4) is 0 Å². The van der Waals surface area contributed by atoms with E-state index in [4.69, 9.17) is 14.9 Å². The summed E-state index contributed by atoms with van der Waals surface area (Å²) < 4.78 is 10.3. The van der Waals surface area contributed by atoms with Gasteiger partial charge in [0.25, 0.3) is 11.1 Å². The van der Waals surface area contributed by atoms with Gasteiger partial charge in [0.15, 0.2) is 5.58 Å². The van der Waals surface area contributed by atoms with Gasteiger partial charge in [-0.2, -0.15) is 0 Å². The van der Waals surface area contributed by atoms with Crippen LogP contribution < -0.4 is 11.1 Å². The number of nitrogens with two attached hydrogens (primary N) is 1. The zero-order chi connectivity index (χ0) is 19.6. The standard InChI is InChI=1S/C17H15N3O5S2/c1-8-12(16(23)24-2)15(27-13(8)14(18)22)20-11(21)7-26-17-19-9-5-3-4-6-10(9)25-17/h3-6H,7H2,1-2H3,(H2,18,22)(H,20,21). The highest BCUT2D eigenvalue weighted by molar-refractivity contribution is 7.99. The number of hydrogen-bond acceptors (Lipinski definition) is 8. The fourth-order valence-electron chi connectivity index (χ4n) is 2.39. The lowest BCUT2D eigenvalue weighted by molar-refractivity contribution is -0.113. The number of fused-ring (bicyclic) bond motifs is 1. The second kappa shape index (κ2) is 7.80. The Morgan fingerprint density at radius 1 is 1.33 bits per heavy atom. The molecule has 0 unspecified atom stereocenters. The molecule has 0 fully saturated rings. The lowest BCUT2D eigenvalue weighted by Crippen LogP contribution is -2.16. The van der Waals surface area contributed by atoms with E-state index in [1.54, 1.807) is 13.0 Å². The Balaban J connectivity index is 1.74. The van der Waals surface area contributed by atoms with Gasteiger partial charge in [-0.05, 0) is 24.6 Å². The van der Waals surface area contributed by atoms with Gasteiger partial charge in [0.1, 0.15) is 10.5 Å². The summed E-state index contributed by atoms with van der Waals surface area (Å²) in [6.45, 7) is 1.57. The quantitative estimate of drug-likeness (QED) is 0.477. The molecule has 140 valence electrons. The first-order valence-electron chi connectivity index (χ1n) is 7.70. The van der Waals surface area contributed by atoms with Crippen LogP contribution in [0.4, 0.5) is 5.00 Å². The van der Waals surface area contributed by atoms with Gasteiger partial charge in [-0.25, -0.2) is 9.78 Å². The van der Waals surface area contributed by atoms with Gasteiger partial charge >= 0.3 is 5.97 Å². The Hall–Kier alpha value is -2.85. The monoisotopic (exact) mass is 405 g/mol. The van der Waals surface area contributed by atoms with E-state index in [2.05, 4.69) is 10.3 Å². The Labute approximate surface area is 162 Å². The van der Waals surface area contributed by atoms with Gasteiger partial charge in [0.2, 0.25) is 5.91 Å². The predicted octanol–water partition coefficient (Wildman–Crippen LogP) is 2.81. The van der Waals surface area contributed by atoms with Crippen molar-refractivity contribution in [1.29, 1.82) is 0 Å². The summed E-state index contributed by atoms with van der Waals surface area (Å²) >= 11 is 2.05. The minimum absolute atomic E-state index is 0.0102. The summed E-state index contributed by atoms with van der Waals surface area (Å²) in [6.07, 6.45) is 0. The van der Waals surface area contributed by atoms with Crippen molar-refractivity contribution in [2.24, 2.45) is 5.73 Å². The summed E-state index contributed by atoms with van der Waals surface area (Å²) in [5.74, 6) is -1.71. The molecule has 8 nitrogen and oxygen atoms in total. The highest BCUT2D eigenvalue weighted by Gasteiger charge is 2.25. The van der Waals surface area contributed by atoms with Crippen LogP contribution in [0.5, 0.6) is 0 Å². The van der Waals surface area contributed by atoms with E-state index in [0.717, 1.165) is 23.1 Å². The average Bonchev–Trinajstić information content (AvgIpc) is 3.20. The number of thiophene rings is 1. The Morgan fingerprint density at radius 3 is 2.74 bits per heavy atom. The summed E-state index contributed by atoms with van der Waals surface area (Å²) in [7, 11) is 1.22. The number of methoxy groups -OCH3 is 1. The largest absolute Gasteiger partial charge is 0.465 e. The number of carbonyl (C=O) groups excluding carboxylic acids is 3. The van der Waals surface area contributed by atoms with E-state index in [-0.39, 0.29) is 27.1 Å². The third-order valence-corrected chi connectivity index (χ3v) is 5.66. The molecule has 0 atom stereocenters. The molecule has 0 spiro atoms. The molecule has 0 radical (unpaired) electrons. The van der Waals surface area contributed by atoms with Crippen molar-refractivity contribution in [3.63, 3.8) is 0 Å². The number of benzene rings is 1. The third kappa shape index (κ3) is 3.96. The van der Waals surface area contributed by atoms with Crippen LogP contribution in [0.25, 0.3) is 11.1 Å². The first kappa shape index (κ1) is 18.9. The molecule has 3 rings (SSSR count). The highest BCUT2D eigenvalue weighted by atomic mass is 32.2. The number of esters is 1. The van der Waals surface area contributed by atoms with Crippen LogP contribution >= 0.6 is 23.1 Å². The molecule has 0 saturated heterocycles. The van der Waals surface area contributed by atoms with Gasteiger partial charge < -0.3 is 20.2 Å². The molecule has 3 N–H and O–H groups in total. The Bertz CT molecular complexity index is 1010. The molecule has 0 aliphatic rings. The summed E-state index contributed by atoms with van der Waals surface area (Å²) in [5.41, 5.74) is 7.16. The van der Waals surface area contributed by atoms with E-state index in [1.807, 2.05) is 18.2 Å². The van der Waals surface area contributed by atoms with E-state index >= 15 is 0 Å². The number of hydrogen-bond donors (Lipinski definition) is 2. The number of para-hydroxylation sites is 2. The van der Waals surface area contributed by atoms with Gasteiger partial charge in [-0.15, -0.1) is 11.3 Å². The maximum atomic E-state index is 12.3. The number of nitrogens with one attached hydrogen (secondary N) is 1. The van der Waals surface area contributed by atoms with E-state index < -0.39 is 11.9 Å². The van der Waals surface area contributed by atoms with Gasteiger partial charge in [0.05, 0.1) is 23.3 Å². The fraction of sp³-hybridized carbons (Fsp3) is 0.176. The molecule has 0 saturated carbocycles. The van der Waals surface area contributed by atoms with E-state index in [0.29, 0.717) is 21.9 Å². The number of anilines is 1. The minimum Gasteiger partial charge on any atom is -0.465 e. The van der Waals surface area contributed by atoms with Crippen molar-refractivity contribution in [3.05, 3.63) is 40.3 Å². The molecule has 1 aromatic carbocycles. The highest BCUT2D eigenvalue weighted by Crippen LogP contribution is 2.33. The number of oxazole rings is 1. The summed E-state index contributed by atoms with van der Waals surface area (Å²) in [4.78, 5) is 40.3. The number of ether oxygens (including phenoxy) is 1. The SMILES string of the molecule is COC(=O)c1c(NC(=O)CSc2nc3ccccc3o2)sc(C(N)=O)c1C. The lowest BCUT2D eigenvalue weighted by Gasteiger charge is -2.05. The van der Waals surface area contributed by atoms with Gasteiger partial charge in [-0.1, -0.05) is 23.9 Å². The number of aromatic nitrogens is 1. The number of carbonyl (C=O) groups is 3. The molecule has 0 aliphatic carbocycles. The van der Waals surface area contributed by atoms with E-state index in [1.165, 1.54) is 7.11 Å². The molecule has 27 heavy (non-hydrogen) atoms. The molecular formula is C17H15N3O5S2. The van der Waals surface area contributed by atoms with Crippen LogP contribution in [-0.2, 0) is 9.53 Å². The average molecular weight is 405 g/mol. The van der Waals surface area contributed by atoms with E-state index in [9.17, 15) is 14.4 Å². The molecule has 2 aromatic heterocycles. The molecule has 2 heterocycles. The number of primary amides is 1. The van der Waals surface area contributed by atoms with Crippen LogP contribution in [0.2, 0.25) is 0 Å². The second-order valence-corrected chi connectivity index (χ2v) is 7.35.